The molecular formula is C19H16Cl2N4O. The van der Waals surface area contributed by atoms with Gasteiger partial charge < -0.3 is 10.5 Å². The molecule has 0 bridgehead atoms. The molecule has 3 N–H and O–H groups in total. The second-order valence-electron chi connectivity index (χ2n) is 5.64. The predicted octanol–water partition coefficient (Wildman–Crippen LogP) is 4.92. The number of benzene rings is 1. The van der Waals surface area contributed by atoms with Crippen molar-refractivity contribution in [1.29, 1.82) is 5.41 Å². The monoisotopic (exact) mass is 386 g/mol. The van der Waals surface area contributed by atoms with Gasteiger partial charge in [-0.05, 0) is 37.3 Å². The average Bonchev–Trinajstić information content (AvgIpc) is 2.63. The number of hydrogen-bond acceptors (Lipinski definition) is 5. The number of ether oxygens (including phenoxy) is 1. The summed E-state index contributed by atoms with van der Waals surface area (Å²) in [6.07, 6.45) is 5.92. The van der Waals surface area contributed by atoms with E-state index in [-0.39, 0.29) is 5.71 Å². The Kier molecular flexibility index (Phi) is 5.40. The Morgan fingerprint density at radius 1 is 1.12 bits per heavy atom. The normalized spacial score (nSPS) is 11.8. The Morgan fingerprint density at radius 3 is 2.50 bits per heavy atom. The summed E-state index contributed by atoms with van der Waals surface area (Å²) in [7, 11) is 0. The Morgan fingerprint density at radius 2 is 1.85 bits per heavy atom. The third-order valence-corrected chi connectivity index (χ3v) is 4.46. The summed E-state index contributed by atoms with van der Waals surface area (Å²) in [5.74, 6) is 0.555. The summed E-state index contributed by atoms with van der Waals surface area (Å²) >= 11 is 12.4. The van der Waals surface area contributed by atoms with Gasteiger partial charge in [0.1, 0.15) is 11.9 Å². The summed E-state index contributed by atoms with van der Waals surface area (Å²) in [6.45, 7) is 1.84. The van der Waals surface area contributed by atoms with Crippen molar-refractivity contribution < 1.29 is 4.74 Å². The van der Waals surface area contributed by atoms with E-state index in [2.05, 4.69) is 9.97 Å². The second kappa shape index (κ2) is 7.72. The minimum atomic E-state index is -0.401. The van der Waals surface area contributed by atoms with Gasteiger partial charge in [-0.1, -0.05) is 23.2 Å². The average molecular weight is 387 g/mol. The number of nitrogens with two attached hydrogens (primary N) is 1. The molecule has 0 saturated carbocycles. The van der Waals surface area contributed by atoms with Crippen LogP contribution >= 0.6 is 23.2 Å². The van der Waals surface area contributed by atoms with Gasteiger partial charge in [0.25, 0.3) is 0 Å². The number of nitrogens with zero attached hydrogens (tertiary/aromatic N) is 2. The van der Waals surface area contributed by atoms with Gasteiger partial charge in [0.15, 0.2) is 0 Å². The molecule has 0 aliphatic heterocycles. The van der Waals surface area contributed by atoms with Crippen molar-refractivity contribution in [1.82, 2.24) is 9.97 Å². The van der Waals surface area contributed by atoms with Gasteiger partial charge in [-0.25, -0.2) is 0 Å². The molecule has 132 valence electrons. The fourth-order valence-electron chi connectivity index (χ4n) is 2.56. The van der Waals surface area contributed by atoms with Gasteiger partial charge >= 0.3 is 0 Å². The molecule has 3 rings (SSSR count). The van der Waals surface area contributed by atoms with E-state index in [1.54, 1.807) is 42.7 Å². The highest BCUT2D eigenvalue weighted by molar-refractivity contribution is 6.35. The molecule has 3 aromatic rings. The van der Waals surface area contributed by atoms with E-state index in [4.69, 9.17) is 39.1 Å². The van der Waals surface area contributed by atoms with E-state index < -0.39 is 6.10 Å². The van der Waals surface area contributed by atoms with E-state index in [1.165, 1.54) is 12.4 Å². The van der Waals surface area contributed by atoms with Crippen LogP contribution in [0.5, 0.6) is 5.75 Å². The zero-order valence-electron chi connectivity index (χ0n) is 13.9. The van der Waals surface area contributed by atoms with E-state index in [1.807, 2.05) is 6.92 Å². The van der Waals surface area contributed by atoms with Crippen molar-refractivity contribution in [2.24, 2.45) is 0 Å². The standard InChI is InChI=1S/C19H16Cl2N4O/c1-11(18-15(20)9-25-10-16(18)21)26-13-4-5-17(22)14(7-13)19(23)12-3-2-6-24-8-12/h2-11,23H,22H2,1H3. The van der Waals surface area contributed by atoms with Crippen LogP contribution in [0, 0.1) is 5.41 Å². The maximum absolute atomic E-state index is 8.40. The van der Waals surface area contributed by atoms with Crippen molar-refractivity contribution in [3.63, 3.8) is 0 Å². The van der Waals surface area contributed by atoms with Gasteiger partial charge in [0.2, 0.25) is 0 Å². The number of rotatable bonds is 5. The molecule has 0 saturated heterocycles. The van der Waals surface area contributed by atoms with Crippen LogP contribution in [0.3, 0.4) is 0 Å². The van der Waals surface area contributed by atoms with Gasteiger partial charge in [0, 0.05) is 47.2 Å². The topological polar surface area (TPSA) is 84.9 Å². The lowest BCUT2D eigenvalue weighted by atomic mass is 10.0. The molecule has 0 fully saturated rings. The van der Waals surface area contributed by atoms with Gasteiger partial charge in [-0.2, -0.15) is 0 Å². The minimum Gasteiger partial charge on any atom is -0.486 e. The van der Waals surface area contributed by atoms with Crippen LogP contribution in [0.4, 0.5) is 5.69 Å². The maximum atomic E-state index is 8.40. The summed E-state index contributed by atoms with van der Waals surface area (Å²) in [6, 6.07) is 8.76. The molecule has 0 spiro atoms. The number of nitrogens with one attached hydrogen (secondary N) is 1. The van der Waals surface area contributed by atoms with Crippen LogP contribution in [-0.2, 0) is 0 Å². The Labute approximate surface area is 161 Å². The van der Waals surface area contributed by atoms with Crippen LogP contribution in [0.2, 0.25) is 10.0 Å². The summed E-state index contributed by atoms with van der Waals surface area (Å²) < 4.78 is 5.98. The third kappa shape index (κ3) is 3.79. The van der Waals surface area contributed by atoms with E-state index in [0.717, 1.165) is 0 Å². The Bertz CT molecular complexity index is 927. The fourth-order valence-corrected chi connectivity index (χ4v) is 3.24. The summed E-state index contributed by atoms with van der Waals surface area (Å²) in [4.78, 5) is 7.99. The maximum Gasteiger partial charge on any atom is 0.124 e. The van der Waals surface area contributed by atoms with E-state index >= 15 is 0 Å². The number of pyridine rings is 2. The first-order chi connectivity index (χ1) is 12.5. The molecular weight excluding hydrogens is 371 g/mol. The highest BCUT2D eigenvalue weighted by Gasteiger charge is 2.17. The quantitative estimate of drug-likeness (QED) is 0.481. The summed E-state index contributed by atoms with van der Waals surface area (Å²) in [5.41, 5.74) is 8.70. The molecule has 2 heterocycles. The number of aromatic nitrogens is 2. The van der Waals surface area contributed by atoms with Crippen LogP contribution in [0.25, 0.3) is 0 Å². The van der Waals surface area contributed by atoms with Crippen LogP contribution in [0.1, 0.15) is 29.7 Å². The van der Waals surface area contributed by atoms with Crippen molar-refractivity contribution in [3.05, 3.63) is 81.9 Å². The molecule has 1 aromatic carbocycles. The van der Waals surface area contributed by atoms with Gasteiger partial charge in [0.05, 0.1) is 15.8 Å². The smallest absolute Gasteiger partial charge is 0.124 e. The first kappa shape index (κ1) is 18.2. The molecule has 2 aromatic heterocycles. The minimum absolute atomic E-state index is 0.272. The van der Waals surface area contributed by atoms with Crippen LogP contribution < -0.4 is 10.5 Å². The number of halogens is 2. The largest absolute Gasteiger partial charge is 0.486 e. The molecule has 5 nitrogen and oxygen atoms in total. The molecule has 1 atom stereocenters. The van der Waals surface area contributed by atoms with Gasteiger partial charge in [-0.15, -0.1) is 0 Å². The van der Waals surface area contributed by atoms with E-state index in [9.17, 15) is 0 Å². The van der Waals surface area contributed by atoms with Crippen LogP contribution in [-0.4, -0.2) is 15.7 Å². The molecule has 1 unspecified atom stereocenters. The highest BCUT2D eigenvalue weighted by Crippen LogP contribution is 2.33. The highest BCUT2D eigenvalue weighted by atomic mass is 35.5. The van der Waals surface area contributed by atoms with Gasteiger partial charge in [-0.3, -0.25) is 15.4 Å². The molecule has 0 amide bonds. The first-order valence-corrected chi connectivity index (χ1v) is 8.57. The lowest BCUT2D eigenvalue weighted by Crippen LogP contribution is -2.08. The summed E-state index contributed by atoms with van der Waals surface area (Å²) in [5, 5.41) is 9.27. The van der Waals surface area contributed by atoms with Crippen molar-refractivity contribution in [2.75, 3.05) is 5.73 Å². The predicted molar refractivity (Wildman–Crippen MR) is 104 cm³/mol. The first-order valence-electron chi connectivity index (χ1n) is 7.81. The Hall–Kier alpha value is -2.63. The molecule has 0 aliphatic rings. The molecule has 7 heteroatoms. The molecule has 0 aliphatic carbocycles. The number of nitrogen functional groups attached to an aromatic ring is 1. The zero-order chi connectivity index (χ0) is 18.7. The number of hydrogen-bond donors (Lipinski definition) is 2. The zero-order valence-corrected chi connectivity index (χ0v) is 15.4. The molecule has 26 heavy (non-hydrogen) atoms. The molecule has 0 radical (unpaired) electrons. The lowest BCUT2D eigenvalue weighted by molar-refractivity contribution is 0.227. The second-order valence-corrected chi connectivity index (χ2v) is 6.46. The van der Waals surface area contributed by atoms with Crippen LogP contribution in [0.15, 0.2) is 55.1 Å². The van der Waals surface area contributed by atoms with Crippen molar-refractivity contribution in [3.8, 4) is 5.75 Å². The van der Waals surface area contributed by atoms with E-state index in [0.29, 0.717) is 38.2 Å². The number of anilines is 1. The van der Waals surface area contributed by atoms with Crippen molar-refractivity contribution in [2.45, 2.75) is 13.0 Å². The fraction of sp³-hybridized carbons (Fsp3) is 0.105. The SMILES string of the molecule is CC(Oc1ccc(N)c(C(=N)c2cccnc2)c1)c1c(Cl)cncc1Cl. The third-order valence-electron chi connectivity index (χ3n) is 3.85. The van der Waals surface area contributed by atoms with Crippen molar-refractivity contribution >= 4 is 34.6 Å². The lowest BCUT2D eigenvalue weighted by Gasteiger charge is -2.18. The Balaban J connectivity index is 1.89.